The summed E-state index contributed by atoms with van der Waals surface area (Å²) in [6.07, 6.45) is 1.26. The molecule has 0 aliphatic heterocycles. The van der Waals surface area contributed by atoms with Gasteiger partial charge >= 0.3 is 0 Å². The molecule has 1 heterocycles. The van der Waals surface area contributed by atoms with E-state index in [9.17, 15) is 4.79 Å². The molecule has 1 rings (SSSR count). The molecule has 96 valence electrons. The van der Waals surface area contributed by atoms with Crippen molar-refractivity contribution in [3.8, 4) is 11.8 Å². The number of hydrogen-bond acceptors (Lipinski definition) is 6. The summed E-state index contributed by atoms with van der Waals surface area (Å²) in [6, 6.07) is 0. The molecule has 1 amide bonds. The van der Waals surface area contributed by atoms with E-state index in [1.165, 1.54) is 20.5 Å². The Morgan fingerprint density at radius 1 is 1.35 bits per heavy atom. The van der Waals surface area contributed by atoms with Crippen LogP contribution < -0.4 is 20.5 Å². The van der Waals surface area contributed by atoms with E-state index in [1.807, 2.05) is 0 Å². The van der Waals surface area contributed by atoms with Crippen molar-refractivity contribution in [3.05, 3.63) is 11.9 Å². The molecular formula is C9H15ClN4O3. The van der Waals surface area contributed by atoms with Gasteiger partial charge in [-0.15, -0.1) is 12.4 Å². The fourth-order valence-corrected chi connectivity index (χ4v) is 1.13. The first-order chi connectivity index (χ1) is 7.74. The molecule has 0 aromatic carbocycles. The number of rotatable bonds is 5. The Morgan fingerprint density at radius 2 is 1.88 bits per heavy atom. The smallest absolute Gasteiger partial charge is 0.262 e. The quantitative estimate of drug-likeness (QED) is 0.749. The third kappa shape index (κ3) is 3.72. The van der Waals surface area contributed by atoms with Crippen molar-refractivity contribution in [1.82, 2.24) is 15.3 Å². The highest BCUT2D eigenvalue weighted by Gasteiger charge is 2.20. The van der Waals surface area contributed by atoms with Gasteiger partial charge in [0.05, 0.1) is 14.2 Å². The molecule has 3 N–H and O–H groups in total. The Hall–Kier alpha value is -1.60. The summed E-state index contributed by atoms with van der Waals surface area (Å²) in [7, 11) is 2.84. The molecule has 1 aromatic heterocycles. The maximum absolute atomic E-state index is 11.8. The molecule has 0 unspecified atom stereocenters. The van der Waals surface area contributed by atoms with Gasteiger partial charge < -0.3 is 20.5 Å². The van der Waals surface area contributed by atoms with E-state index in [4.69, 9.17) is 15.2 Å². The Bertz CT molecular complexity index is 353. The summed E-state index contributed by atoms with van der Waals surface area (Å²) in [4.78, 5) is 19.4. The molecule has 0 atom stereocenters. The summed E-state index contributed by atoms with van der Waals surface area (Å²) in [5.74, 6) is -0.0394. The minimum Gasteiger partial charge on any atom is -0.480 e. The zero-order valence-corrected chi connectivity index (χ0v) is 10.4. The highest BCUT2D eigenvalue weighted by molar-refractivity contribution is 5.98. The van der Waals surface area contributed by atoms with Gasteiger partial charge in [0.25, 0.3) is 5.91 Å². The molecule has 1 aromatic rings. The number of ether oxygens (including phenoxy) is 2. The highest BCUT2D eigenvalue weighted by atomic mass is 35.5. The normalized spacial score (nSPS) is 9.12. The largest absolute Gasteiger partial charge is 0.480 e. The number of aromatic nitrogens is 2. The van der Waals surface area contributed by atoms with E-state index < -0.39 is 0 Å². The molecule has 0 fully saturated rings. The van der Waals surface area contributed by atoms with Crippen molar-refractivity contribution in [1.29, 1.82) is 0 Å². The lowest BCUT2D eigenvalue weighted by atomic mass is 10.3. The van der Waals surface area contributed by atoms with Gasteiger partial charge in [0.15, 0.2) is 5.56 Å². The Labute approximate surface area is 105 Å². The summed E-state index contributed by atoms with van der Waals surface area (Å²) < 4.78 is 9.93. The predicted octanol–water partition coefficient (Wildman–Crippen LogP) is -0.396. The van der Waals surface area contributed by atoms with Crippen molar-refractivity contribution < 1.29 is 14.3 Å². The molecule has 0 aliphatic carbocycles. The van der Waals surface area contributed by atoms with Crippen LogP contribution >= 0.6 is 12.4 Å². The molecule has 0 spiro atoms. The summed E-state index contributed by atoms with van der Waals surface area (Å²) >= 11 is 0. The van der Waals surface area contributed by atoms with Crippen LogP contribution in [0.4, 0.5) is 0 Å². The first-order valence-corrected chi connectivity index (χ1v) is 4.65. The molecule has 0 radical (unpaired) electrons. The Kier molecular flexibility index (Phi) is 6.92. The Morgan fingerprint density at radius 3 is 2.29 bits per heavy atom. The average Bonchev–Trinajstić information content (AvgIpc) is 2.34. The first-order valence-electron chi connectivity index (χ1n) is 4.65. The fourth-order valence-electron chi connectivity index (χ4n) is 1.13. The van der Waals surface area contributed by atoms with Gasteiger partial charge in [-0.2, -0.15) is 0 Å². The maximum atomic E-state index is 11.8. The third-order valence-corrected chi connectivity index (χ3v) is 1.82. The third-order valence-electron chi connectivity index (χ3n) is 1.82. The number of halogens is 1. The number of nitrogens with one attached hydrogen (secondary N) is 1. The van der Waals surface area contributed by atoms with Crippen LogP contribution in [-0.2, 0) is 0 Å². The van der Waals surface area contributed by atoms with Crippen molar-refractivity contribution in [2.45, 2.75) is 0 Å². The van der Waals surface area contributed by atoms with E-state index >= 15 is 0 Å². The molecule has 0 aliphatic rings. The van der Waals surface area contributed by atoms with Gasteiger partial charge in [-0.25, -0.2) is 9.97 Å². The first kappa shape index (κ1) is 15.4. The molecule has 0 saturated heterocycles. The fraction of sp³-hybridized carbons (Fsp3) is 0.444. The number of carbonyl (C=O) groups excluding carboxylic acids is 1. The van der Waals surface area contributed by atoms with Crippen LogP contribution in [0.5, 0.6) is 11.8 Å². The molecule has 7 nitrogen and oxygen atoms in total. The van der Waals surface area contributed by atoms with Crippen molar-refractivity contribution in [3.63, 3.8) is 0 Å². The lowest BCUT2D eigenvalue weighted by Crippen LogP contribution is -2.30. The predicted molar refractivity (Wildman–Crippen MR) is 63.8 cm³/mol. The Balaban J connectivity index is 0.00000256. The second kappa shape index (κ2) is 7.64. The van der Waals surface area contributed by atoms with Crippen LogP contribution in [-0.4, -0.2) is 43.2 Å². The lowest BCUT2D eigenvalue weighted by Gasteiger charge is -2.10. The topological polar surface area (TPSA) is 99.4 Å². The maximum Gasteiger partial charge on any atom is 0.262 e. The van der Waals surface area contributed by atoms with Gasteiger partial charge in [0.1, 0.15) is 6.33 Å². The second-order valence-electron chi connectivity index (χ2n) is 2.81. The standard InChI is InChI=1S/C9H14N4O3.ClH/c1-15-8-6(7(14)11-4-3-10)9(16-2)13-5-12-8;/h5H,3-4,10H2,1-2H3,(H,11,14);1H. The van der Waals surface area contributed by atoms with Crippen molar-refractivity contribution >= 4 is 18.3 Å². The molecular weight excluding hydrogens is 248 g/mol. The van der Waals surface area contributed by atoms with Gasteiger partial charge in [0.2, 0.25) is 11.8 Å². The van der Waals surface area contributed by atoms with Crippen LogP contribution in [0, 0.1) is 0 Å². The average molecular weight is 263 g/mol. The molecule has 0 bridgehead atoms. The van der Waals surface area contributed by atoms with E-state index in [0.29, 0.717) is 13.1 Å². The SMILES string of the molecule is COc1ncnc(OC)c1C(=O)NCCN.Cl. The van der Waals surface area contributed by atoms with Gasteiger partial charge in [0, 0.05) is 13.1 Å². The number of nitrogens with two attached hydrogens (primary N) is 1. The zero-order chi connectivity index (χ0) is 12.0. The molecule has 0 saturated carbocycles. The van der Waals surface area contributed by atoms with Crippen molar-refractivity contribution in [2.75, 3.05) is 27.3 Å². The number of carbonyl (C=O) groups is 1. The summed E-state index contributed by atoms with van der Waals surface area (Å²) in [5, 5.41) is 2.59. The van der Waals surface area contributed by atoms with Gasteiger partial charge in [-0.3, -0.25) is 4.79 Å². The number of methoxy groups -OCH3 is 2. The summed E-state index contributed by atoms with van der Waals surface area (Å²) in [6.45, 7) is 0.712. The van der Waals surface area contributed by atoms with Crippen LogP contribution in [0.3, 0.4) is 0 Å². The lowest BCUT2D eigenvalue weighted by molar-refractivity contribution is 0.0946. The number of nitrogens with zero attached hydrogens (tertiary/aromatic N) is 2. The molecule has 8 heteroatoms. The summed E-state index contributed by atoms with van der Waals surface area (Å²) in [5.41, 5.74) is 5.46. The van der Waals surface area contributed by atoms with E-state index in [2.05, 4.69) is 15.3 Å². The van der Waals surface area contributed by atoms with E-state index in [1.54, 1.807) is 0 Å². The van der Waals surface area contributed by atoms with Crippen LogP contribution in [0.2, 0.25) is 0 Å². The zero-order valence-electron chi connectivity index (χ0n) is 9.60. The van der Waals surface area contributed by atoms with Crippen LogP contribution in [0.25, 0.3) is 0 Å². The number of amides is 1. The highest BCUT2D eigenvalue weighted by Crippen LogP contribution is 2.22. The monoisotopic (exact) mass is 262 g/mol. The van der Waals surface area contributed by atoms with Crippen molar-refractivity contribution in [2.24, 2.45) is 5.73 Å². The second-order valence-corrected chi connectivity index (χ2v) is 2.81. The minimum absolute atomic E-state index is 0. The van der Waals surface area contributed by atoms with Crippen LogP contribution in [0.15, 0.2) is 6.33 Å². The minimum atomic E-state index is -0.375. The van der Waals surface area contributed by atoms with Gasteiger partial charge in [-0.05, 0) is 0 Å². The van der Waals surface area contributed by atoms with E-state index in [0.717, 1.165) is 0 Å². The van der Waals surface area contributed by atoms with Gasteiger partial charge in [-0.1, -0.05) is 0 Å². The number of hydrogen-bond donors (Lipinski definition) is 2. The van der Waals surface area contributed by atoms with Crippen LogP contribution in [0.1, 0.15) is 10.4 Å². The molecule has 17 heavy (non-hydrogen) atoms. The van der Waals surface area contributed by atoms with E-state index in [-0.39, 0.29) is 35.6 Å².